The minimum Gasteiger partial charge on any atom is -0.491 e. The van der Waals surface area contributed by atoms with Gasteiger partial charge in [0.05, 0.1) is 6.61 Å². The Kier molecular flexibility index (Phi) is 4.33. The van der Waals surface area contributed by atoms with Crippen molar-refractivity contribution in [1.82, 2.24) is 0 Å². The van der Waals surface area contributed by atoms with Crippen LogP contribution in [0.4, 0.5) is 0 Å². The molecule has 0 spiro atoms. The Labute approximate surface area is 96.7 Å². The van der Waals surface area contributed by atoms with E-state index in [1.807, 2.05) is 24.3 Å². The van der Waals surface area contributed by atoms with Crippen LogP contribution in [0, 0.1) is 0 Å². The summed E-state index contributed by atoms with van der Waals surface area (Å²) in [6, 6.07) is 7.79. The highest BCUT2D eigenvalue weighted by atomic mass is 16.5. The zero-order valence-corrected chi connectivity index (χ0v) is 10.1. The number of hydrogen-bond donors (Lipinski definition) is 2. The maximum Gasteiger partial charge on any atom is 0.119 e. The summed E-state index contributed by atoms with van der Waals surface area (Å²) in [5, 5.41) is 17.8. The van der Waals surface area contributed by atoms with Gasteiger partial charge < -0.3 is 14.9 Å². The third kappa shape index (κ3) is 3.83. The van der Waals surface area contributed by atoms with Gasteiger partial charge in [0.15, 0.2) is 0 Å². The monoisotopic (exact) mass is 224 g/mol. The van der Waals surface area contributed by atoms with E-state index >= 15 is 0 Å². The molecule has 16 heavy (non-hydrogen) atoms. The first-order valence-corrected chi connectivity index (χ1v) is 5.46. The smallest absolute Gasteiger partial charge is 0.119 e. The largest absolute Gasteiger partial charge is 0.491 e. The van der Waals surface area contributed by atoms with E-state index in [0.717, 1.165) is 0 Å². The van der Waals surface area contributed by atoms with E-state index in [-0.39, 0.29) is 18.6 Å². The van der Waals surface area contributed by atoms with Crippen LogP contribution in [0.2, 0.25) is 0 Å². The lowest BCUT2D eigenvalue weighted by molar-refractivity contribution is 0.0536. The molecular weight excluding hydrogens is 204 g/mol. The van der Waals surface area contributed by atoms with Gasteiger partial charge in [-0.05, 0) is 23.1 Å². The van der Waals surface area contributed by atoms with Crippen molar-refractivity contribution in [2.75, 3.05) is 13.2 Å². The first kappa shape index (κ1) is 13.0. The van der Waals surface area contributed by atoms with Crippen molar-refractivity contribution in [1.29, 1.82) is 0 Å². The Hall–Kier alpha value is -1.06. The van der Waals surface area contributed by atoms with Crippen molar-refractivity contribution in [3.8, 4) is 5.75 Å². The van der Waals surface area contributed by atoms with Gasteiger partial charge in [-0.1, -0.05) is 32.9 Å². The summed E-state index contributed by atoms with van der Waals surface area (Å²) in [7, 11) is 0. The van der Waals surface area contributed by atoms with Crippen LogP contribution in [0.25, 0.3) is 0 Å². The van der Waals surface area contributed by atoms with Crippen LogP contribution in [0.5, 0.6) is 5.75 Å². The van der Waals surface area contributed by atoms with Crippen molar-refractivity contribution in [2.45, 2.75) is 32.3 Å². The molecule has 0 unspecified atom stereocenters. The number of hydrogen-bond acceptors (Lipinski definition) is 3. The molecule has 0 saturated heterocycles. The van der Waals surface area contributed by atoms with E-state index in [1.54, 1.807) is 0 Å². The normalized spacial score (nSPS) is 13.6. The molecule has 0 fully saturated rings. The van der Waals surface area contributed by atoms with Crippen LogP contribution in [-0.4, -0.2) is 29.5 Å². The number of ether oxygens (including phenoxy) is 1. The zero-order chi connectivity index (χ0) is 12.2. The van der Waals surface area contributed by atoms with Crippen molar-refractivity contribution in [2.24, 2.45) is 0 Å². The average molecular weight is 224 g/mol. The first-order chi connectivity index (χ1) is 7.43. The second-order valence-corrected chi connectivity index (χ2v) is 4.92. The summed E-state index contributed by atoms with van der Waals surface area (Å²) in [5.74, 6) is 0.709. The maximum atomic E-state index is 9.13. The highest BCUT2D eigenvalue weighted by Gasteiger charge is 2.13. The Morgan fingerprint density at radius 3 is 2.19 bits per heavy atom. The minimum absolute atomic E-state index is 0.116. The van der Waals surface area contributed by atoms with Crippen molar-refractivity contribution >= 4 is 0 Å². The molecule has 0 bridgehead atoms. The van der Waals surface area contributed by atoms with Gasteiger partial charge >= 0.3 is 0 Å². The summed E-state index contributed by atoms with van der Waals surface area (Å²) in [5.41, 5.74) is 1.37. The Bertz CT molecular complexity index is 311. The fourth-order valence-electron chi connectivity index (χ4n) is 1.30. The molecule has 0 saturated carbocycles. The van der Waals surface area contributed by atoms with E-state index in [0.29, 0.717) is 5.75 Å². The fourth-order valence-corrected chi connectivity index (χ4v) is 1.30. The van der Waals surface area contributed by atoms with Gasteiger partial charge in [0, 0.05) is 0 Å². The van der Waals surface area contributed by atoms with Gasteiger partial charge in [0.2, 0.25) is 0 Å². The molecule has 1 atom stereocenters. The Morgan fingerprint density at radius 2 is 1.75 bits per heavy atom. The van der Waals surface area contributed by atoms with Crippen LogP contribution in [0.1, 0.15) is 26.3 Å². The quantitative estimate of drug-likeness (QED) is 0.818. The van der Waals surface area contributed by atoms with Crippen LogP contribution in [0.3, 0.4) is 0 Å². The predicted octanol–water partition coefficient (Wildman–Crippen LogP) is 1.72. The highest BCUT2D eigenvalue weighted by Crippen LogP contribution is 2.24. The Morgan fingerprint density at radius 1 is 1.19 bits per heavy atom. The van der Waals surface area contributed by atoms with E-state index < -0.39 is 6.10 Å². The fraction of sp³-hybridized carbons (Fsp3) is 0.538. The predicted molar refractivity (Wildman–Crippen MR) is 63.7 cm³/mol. The van der Waals surface area contributed by atoms with Gasteiger partial charge in [-0.25, -0.2) is 0 Å². The molecule has 1 aromatic rings. The molecule has 1 rings (SSSR count). The third-order valence-electron chi connectivity index (χ3n) is 2.37. The number of benzene rings is 1. The molecule has 3 heteroatoms. The lowest BCUT2D eigenvalue weighted by Crippen LogP contribution is -2.21. The zero-order valence-electron chi connectivity index (χ0n) is 10.1. The van der Waals surface area contributed by atoms with Crippen molar-refractivity contribution in [3.63, 3.8) is 0 Å². The van der Waals surface area contributed by atoms with Gasteiger partial charge in [-0.2, -0.15) is 0 Å². The van der Waals surface area contributed by atoms with Crippen molar-refractivity contribution < 1.29 is 14.9 Å². The molecular formula is C13H20O3. The van der Waals surface area contributed by atoms with E-state index in [1.165, 1.54) is 5.56 Å². The average Bonchev–Trinajstić information content (AvgIpc) is 2.25. The van der Waals surface area contributed by atoms with Crippen LogP contribution >= 0.6 is 0 Å². The molecule has 0 aromatic heterocycles. The third-order valence-corrected chi connectivity index (χ3v) is 2.37. The SMILES string of the molecule is CC(C)(C)c1ccc(OC[C@H](O)CO)cc1. The van der Waals surface area contributed by atoms with Crippen LogP contribution in [-0.2, 0) is 5.41 Å². The van der Waals surface area contributed by atoms with Crippen LogP contribution < -0.4 is 4.74 Å². The van der Waals surface area contributed by atoms with E-state index in [9.17, 15) is 0 Å². The summed E-state index contributed by atoms with van der Waals surface area (Å²) < 4.78 is 5.32. The summed E-state index contributed by atoms with van der Waals surface area (Å²) in [6.45, 7) is 6.29. The molecule has 90 valence electrons. The standard InChI is InChI=1S/C13H20O3/c1-13(2,3)10-4-6-12(7-5-10)16-9-11(15)8-14/h4-7,11,14-15H,8-9H2,1-3H3/t11-/m1/s1. The molecule has 0 aliphatic carbocycles. The molecule has 3 nitrogen and oxygen atoms in total. The maximum absolute atomic E-state index is 9.13. The van der Waals surface area contributed by atoms with E-state index in [4.69, 9.17) is 14.9 Å². The molecule has 2 N–H and O–H groups in total. The van der Waals surface area contributed by atoms with Gasteiger partial charge in [-0.15, -0.1) is 0 Å². The van der Waals surface area contributed by atoms with Gasteiger partial charge in [0.25, 0.3) is 0 Å². The molecule has 0 amide bonds. The first-order valence-electron chi connectivity index (χ1n) is 5.46. The topological polar surface area (TPSA) is 49.7 Å². The lowest BCUT2D eigenvalue weighted by atomic mass is 9.87. The molecule has 0 aliphatic heterocycles. The number of rotatable bonds is 4. The van der Waals surface area contributed by atoms with Gasteiger partial charge in [0.1, 0.15) is 18.5 Å². The summed E-state index contributed by atoms with van der Waals surface area (Å²) >= 11 is 0. The second-order valence-electron chi connectivity index (χ2n) is 4.92. The van der Waals surface area contributed by atoms with E-state index in [2.05, 4.69) is 20.8 Å². The minimum atomic E-state index is -0.817. The molecule has 1 aromatic carbocycles. The summed E-state index contributed by atoms with van der Waals surface area (Å²) in [6.07, 6.45) is -0.817. The second kappa shape index (κ2) is 5.32. The highest BCUT2D eigenvalue weighted by molar-refractivity contribution is 5.31. The van der Waals surface area contributed by atoms with Gasteiger partial charge in [-0.3, -0.25) is 0 Å². The Balaban J connectivity index is 2.58. The van der Waals surface area contributed by atoms with Crippen molar-refractivity contribution in [3.05, 3.63) is 29.8 Å². The van der Waals surface area contributed by atoms with Crippen LogP contribution in [0.15, 0.2) is 24.3 Å². The molecule has 0 aliphatic rings. The lowest BCUT2D eigenvalue weighted by Gasteiger charge is -2.19. The molecule has 0 radical (unpaired) electrons. The molecule has 0 heterocycles. The summed E-state index contributed by atoms with van der Waals surface area (Å²) in [4.78, 5) is 0. The number of aliphatic hydroxyl groups excluding tert-OH is 2. The number of aliphatic hydroxyl groups is 2.